The van der Waals surface area contributed by atoms with Gasteiger partial charge in [0.2, 0.25) is 0 Å². The Balaban J connectivity index is 1.45. The molecule has 0 amide bonds. The minimum atomic E-state index is 0.800. The number of methoxy groups -OCH3 is 2. The van der Waals surface area contributed by atoms with E-state index in [0.29, 0.717) is 0 Å². The molecule has 9 aromatic carbocycles. The van der Waals surface area contributed by atoms with Gasteiger partial charge in [-0.2, -0.15) is 0 Å². The van der Waals surface area contributed by atoms with Crippen molar-refractivity contribution in [3.63, 3.8) is 0 Å². The normalized spacial score (nSPS) is 11.3. The van der Waals surface area contributed by atoms with Crippen LogP contribution in [0.15, 0.2) is 156 Å². The monoisotopic (exact) mass is 766 g/mol. The smallest absolute Gasteiger partial charge is 0.119 e. The SMILES string of the molecule is COc1ccc(C#Cc2c3ccccc3c3c4c(c5ccccc5c(C#Cc5ccccc5)c24)-c2c-3c(Br)c3ccc(OC)cc3c2-c2ccccc2)cc1. The fraction of sp³-hybridized carbons (Fsp3) is 0.0385. The van der Waals surface area contributed by atoms with Crippen molar-refractivity contribution in [2.45, 2.75) is 0 Å². The number of hydrogen-bond acceptors (Lipinski definition) is 2. The Hall–Kier alpha value is -6.78. The Kier molecular flexibility index (Phi) is 7.92. The summed E-state index contributed by atoms with van der Waals surface area (Å²) in [4.78, 5) is 0. The van der Waals surface area contributed by atoms with Crippen molar-refractivity contribution in [1.82, 2.24) is 0 Å². The summed E-state index contributed by atoms with van der Waals surface area (Å²) >= 11 is 4.22. The summed E-state index contributed by atoms with van der Waals surface area (Å²) in [6.45, 7) is 0. The zero-order valence-corrected chi connectivity index (χ0v) is 31.7. The summed E-state index contributed by atoms with van der Waals surface area (Å²) in [5, 5.41) is 8.97. The average molecular weight is 768 g/mol. The van der Waals surface area contributed by atoms with Crippen LogP contribution in [0, 0.1) is 23.7 Å². The van der Waals surface area contributed by atoms with Crippen molar-refractivity contribution < 1.29 is 9.47 Å². The molecule has 0 saturated heterocycles. The Labute approximate surface area is 328 Å². The van der Waals surface area contributed by atoms with E-state index in [4.69, 9.17) is 9.47 Å². The summed E-state index contributed by atoms with van der Waals surface area (Å²) < 4.78 is 12.3. The molecule has 10 rings (SSSR count). The second-order valence-electron chi connectivity index (χ2n) is 13.7. The Morgan fingerprint density at radius 2 is 0.891 bits per heavy atom. The third-order valence-corrected chi connectivity index (χ3v) is 11.5. The first-order valence-electron chi connectivity index (χ1n) is 18.2. The van der Waals surface area contributed by atoms with E-state index in [1.807, 2.05) is 42.5 Å². The summed E-state index contributed by atoms with van der Waals surface area (Å²) in [6.07, 6.45) is 0. The predicted molar refractivity (Wildman–Crippen MR) is 232 cm³/mol. The molecular formula is C52H31BrO2. The predicted octanol–water partition coefficient (Wildman–Crippen LogP) is 13.2. The molecule has 258 valence electrons. The Morgan fingerprint density at radius 3 is 1.49 bits per heavy atom. The number of hydrogen-bond donors (Lipinski definition) is 0. The van der Waals surface area contributed by atoms with E-state index in [9.17, 15) is 0 Å². The minimum absolute atomic E-state index is 0.800. The van der Waals surface area contributed by atoms with Gasteiger partial charge in [0.25, 0.3) is 0 Å². The number of ether oxygens (including phenoxy) is 2. The topological polar surface area (TPSA) is 18.5 Å². The molecule has 0 spiro atoms. The molecule has 9 aromatic rings. The Morgan fingerprint density at radius 1 is 0.382 bits per heavy atom. The van der Waals surface area contributed by atoms with Crippen molar-refractivity contribution in [1.29, 1.82) is 0 Å². The molecule has 1 aliphatic carbocycles. The summed E-state index contributed by atoms with van der Waals surface area (Å²) in [5.41, 5.74) is 10.9. The lowest BCUT2D eigenvalue weighted by molar-refractivity contribution is 0.415. The minimum Gasteiger partial charge on any atom is -0.497 e. The molecule has 3 heteroatoms. The lowest BCUT2D eigenvalue weighted by atomic mass is 9.85. The molecule has 2 nitrogen and oxygen atoms in total. The van der Waals surface area contributed by atoms with E-state index in [0.717, 1.165) is 81.5 Å². The largest absolute Gasteiger partial charge is 0.497 e. The molecule has 0 bridgehead atoms. The van der Waals surface area contributed by atoms with Gasteiger partial charge in [-0.1, -0.05) is 121 Å². The van der Waals surface area contributed by atoms with Gasteiger partial charge in [-0.15, -0.1) is 0 Å². The zero-order chi connectivity index (χ0) is 37.0. The van der Waals surface area contributed by atoms with Crippen LogP contribution in [0.5, 0.6) is 11.5 Å². The van der Waals surface area contributed by atoms with Crippen LogP contribution in [0.1, 0.15) is 22.3 Å². The van der Waals surface area contributed by atoms with Crippen molar-refractivity contribution in [3.05, 3.63) is 178 Å². The summed E-state index contributed by atoms with van der Waals surface area (Å²) in [7, 11) is 3.41. The van der Waals surface area contributed by atoms with Crippen molar-refractivity contribution in [3.8, 4) is 68.6 Å². The highest BCUT2D eigenvalue weighted by molar-refractivity contribution is 9.10. The number of rotatable bonds is 3. The van der Waals surface area contributed by atoms with Gasteiger partial charge >= 0.3 is 0 Å². The average Bonchev–Trinajstić information content (AvgIpc) is 3.60. The maximum absolute atomic E-state index is 5.84. The Bertz CT molecular complexity index is 3160. The molecule has 0 heterocycles. The second-order valence-corrected chi connectivity index (χ2v) is 14.4. The highest BCUT2D eigenvalue weighted by Crippen LogP contribution is 2.61. The van der Waals surface area contributed by atoms with Crippen molar-refractivity contribution in [2.75, 3.05) is 14.2 Å². The van der Waals surface area contributed by atoms with Crippen molar-refractivity contribution in [2.24, 2.45) is 0 Å². The third-order valence-electron chi connectivity index (χ3n) is 10.7. The lowest BCUT2D eigenvalue weighted by Crippen LogP contribution is -1.94. The maximum atomic E-state index is 5.84. The van der Waals surface area contributed by atoms with E-state index in [-0.39, 0.29) is 0 Å². The van der Waals surface area contributed by atoms with Gasteiger partial charge in [-0.25, -0.2) is 0 Å². The first kappa shape index (κ1) is 32.8. The molecule has 1 aliphatic rings. The molecule has 55 heavy (non-hydrogen) atoms. The number of halogens is 1. The molecule has 0 radical (unpaired) electrons. The second kappa shape index (κ2) is 13.3. The van der Waals surface area contributed by atoms with Crippen molar-refractivity contribution >= 4 is 59.0 Å². The summed E-state index contributed by atoms with van der Waals surface area (Å²) in [6, 6.07) is 52.8. The quantitative estimate of drug-likeness (QED) is 0.132. The molecule has 0 fully saturated rings. The standard InChI is InChI=1S/C52H31BrO2/c1-54-35-25-21-33(22-26-35)24-29-42-38-18-10-12-20-40(38)48-50-46(42)41(28-23-32-13-5-3-6-14-32)37-17-9-11-19-39(37)47(50)49-45(34-15-7-4-8-16-34)44-31-36(55-2)27-30-43(44)52(53)51(48)49/h3-22,25-27,30-31H,1-2H3. The van der Waals surface area contributed by atoms with Gasteiger partial charge < -0.3 is 9.47 Å². The number of benzene rings is 9. The van der Waals surface area contributed by atoms with Crippen LogP contribution < -0.4 is 9.47 Å². The maximum Gasteiger partial charge on any atom is 0.119 e. The zero-order valence-electron chi connectivity index (χ0n) is 30.1. The first-order chi connectivity index (χ1) is 27.1. The van der Waals surface area contributed by atoms with Gasteiger partial charge in [0, 0.05) is 48.6 Å². The fourth-order valence-corrected chi connectivity index (χ4v) is 9.06. The number of fused-ring (bicyclic) bond motifs is 8. The highest BCUT2D eigenvalue weighted by atomic mass is 79.9. The van der Waals surface area contributed by atoms with Crippen LogP contribution in [-0.4, -0.2) is 14.2 Å². The van der Waals surface area contributed by atoms with Crippen LogP contribution in [0.25, 0.3) is 76.5 Å². The van der Waals surface area contributed by atoms with Crippen LogP contribution >= 0.6 is 15.9 Å². The van der Waals surface area contributed by atoms with Crippen LogP contribution in [0.4, 0.5) is 0 Å². The van der Waals surface area contributed by atoms with Gasteiger partial charge in [-0.05, 0) is 125 Å². The van der Waals surface area contributed by atoms with E-state index in [1.54, 1.807) is 14.2 Å². The summed E-state index contributed by atoms with van der Waals surface area (Å²) in [5.74, 6) is 16.1. The molecule has 0 saturated carbocycles. The van der Waals surface area contributed by atoms with Gasteiger partial charge in [0.05, 0.1) is 14.2 Å². The van der Waals surface area contributed by atoms with E-state index in [2.05, 4.69) is 149 Å². The van der Waals surface area contributed by atoms with Gasteiger partial charge in [0.1, 0.15) is 11.5 Å². The van der Waals surface area contributed by atoms with Crippen LogP contribution in [0.2, 0.25) is 0 Å². The van der Waals surface area contributed by atoms with Gasteiger partial charge in [-0.3, -0.25) is 0 Å². The van der Waals surface area contributed by atoms with E-state index in [1.165, 1.54) is 33.2 Å². The third kappa shape index (κ3) is 5.20. The highest BCUT2D eigenvalue weighted by Gasteiger charge is 2.34. The van der Waals surface area contributed by atoms with E-state index >= 15 is 0 Å². The molecular weight excluding hydrogens is 736 g/mol. The van der Waals surface area contributed by atoms with E-state index < -0.39 is 0 Å². The first-order valence-corrected chi connectivity index (χ1v) is 19.0. The van der Waals surface area contributed by atoms with Gasteiger partial charge in [0.15, 0.2) is 0 Å². The molecule has 0 N–H and O–H groups in total. The lowest BCUT2D eigenvalue weighted by Gasteiger charge is -2.19. The molecule has 0 aliphatic heterocycles. The molecule has 0 aromatic heterocycles. The molecule has 0 unspecified atom stereocenters. The molecule has 0 atom stereocenters. The fourth-order valence-electron chi connectivity index (χ4n) is 8.31. The van der Waals surface area contributed by atoms with Crippen LogP contribution in [0.3, 0.4) is 0 Å². The van der Waals surface area contributed by atoms with Crippen LogP contribution in [-0.2, 0) is 0 Å².